The van der Waals surface area contributed by atoms with Crippen LogP contribution in [0, 0.1) is 0 Å². The molecule has 228 valence electrons. The first-order valence-corrected chi connectivity index (χ1v) is 14.0. The fourth-order valence-electron chi connectivity index (χ4n) is 5.27. The quantitative estimate of drug-likeness (QED) is 0.150. The van der Waals surface area contributed by atoms with E-state index in [9.17, 15) is 39.3 Å². The molecule has 4 rings (SSSR count). The van der Waals surface area contributed by atoms with E-state index in [2.05, 4.69) is 15.6 Å². The Balaban J connectivity index is 1.44. The van der Waals surface area contributed by atoms with Crippen LogP contribution in [0.15, 0.2) is 54.7 Å². The average Bonchev–Trinajstić information content (AvgIpc) is 3.63. The highest BCUT2D eigenvalue weighted by Gasteiger charge is 2.39. The van der Waals surface area contributed by atoms with E-state index in [4.69, 9.17) is 5.73 Å². The molecule has 3 aromatic rings. The van der Waals surface area contributed by atoms with Crippen LogP contribution < -0.4 is 16.4 Å². The number of rotatable bonds is 13. The zero-order valence-corrected chi connectivity index (χ0v) is 23.4. The molecule has 1 aromatic heterocycles. The number of hydrogen-bond acceptors (Lipinski definition) is 7. The molecule has 13 heteroatoms. The number of amides is 3. The fourth-order valence-corrected chi connectivity index (χ4v) is 5.27. The number of nitrogens with two attached hydrogens (primary N) is 1. The normalized spacial score (nSPS) is 16.8. The van der Waals surface area contributed by atoms with Gasteiger partial charge in [-0.05, 0) is 55.0 Å². The standard InChI is InChI=1S/C30H35N5O8/c31-21(14-17-7-9-19(36)10-8-17)27(39)33-23(11-12-26(37)38)29(41)35-13-3-6-25(35)28(40)34-24(30(42)43)15-18-16-32-22-5-2-1-4-20(18)22/h1-2,4-5,7-10,16,21,23-25,32,36H,3,6,11-15,31H2,(H,33,39)(H,34,40)(H,37,38)(H,42,43). The van der Waals surface area contributed by atoms with E-state index >= 15 is 0 Å². The van der Waals surface area contributed by atoms with Crippen molar-refractivity contribution in [2.45, 2.75) is 62.7 Å². The first-order chi connectivity index (χ1) is 20.5. The van der Waals surface area contributed by atoms with Crippen molar-refractivity contribution in [3.63, 3.8) is 0 Å². The highest BCUT2D eigenvalue weighted by Crippen LogP contribution is 2.22. The van der Waals surface area contributed by atoms with Crippen molar-refractivity contribution in [2.75, 3.05) is 6.54 Å². The number of aliphatic carboxylic acids is 2. The third-order valence-electron chi connectivity index (χ3n) is 7.54. The molecule has 3 amide bonds. The zero-order chi connectivity index (χ0) is 31.1. The lowest BCUT2D eigenvalue weighted by molar-refractivity contribution is -0.145. The molecule has 1 aliphatic rings. The predicted octanol–water partition coefficient (Wildman–Crippen LogP) is 0.896. The number of aromatic amines is 1. The number of aromatic nitrogens is 1. The number of aromatic hydroxyl groups is 1. The number of hydrogen-bond donors (Lipinski definition) is 7. The van der Waals surface area contributed by atoms with Crippen molar-refractivity contribution >= 4 is 40.6 Å². The summed E-state index contributed by atoms with van der Waals surface area (Å²) in [7, 11) is 0. The zero-order valence-electron chi connectivity index (χ0n) is 23.4. The minimum Gasteiger partial charge on any atom is -0.508 e. The number of nitrogens with one attached hydrogen (secondary N) is 3. The first kappa shape index (κ1) is 31.0. The summed E-state index contributed by atoms with van der Waals surface area (Å²) in [5.41, 5.74) is 8.27. The summed E-state index contributed by atoms with van der Waals surface area (Å²) < 4.78 is 0. The SMILES string of the molecule is NC(Cc1ccc(O)cc1)C(=O)NC(CCC(=O)O)C(=O)N1CCCC1C(=O)NC(Cc1c[nH]c2ccccc12)C(=O)O. The van der Waals surface area contributed by atoms with Crippen molar-refractivity contribution in [1.29, 1.82) is 0 Å². The second-order valence-electron chi connectivity index (χ2n) is 10.6. The summed E-state index contributed by atoms with van der Waals surface area (Å²) in [6, 6.07) is 8.91. The Bertz CT molecular complexity index is 1490. The summed E-state index contributed by atoms with van der Waals surface area (Å²) in [4.78, 5) is 67.6. The van der Waals surface area contributed by atoms with Gasteiger partial charge in [-0.1, -0.05) is 30.3 Å². The van der Waals surface area contributed by atoms with Gasteiger partial charge >= 0.3 is 11.9 Å². The fraction of sp³-hybridized carbons (Fsp3) is 0.367. The van der Waals surface area contributed by atoms with Gasteiger partial charge in [-0.15, -0.1) is 0 Å². The summed E-state index contributed by atoms with van der Waals surface area (Å²) in [6.07, 6.45) is 1.91. The summed E-state index contributed by atoms with van der Waals surface area (Å²) in [6.45, 7) is 0.177. The van der Waals surface area contributed by atoms with Crippen LogP contribution in [0.4, 0.5) is 0 Å². The maximum absolute atomic E-state index is 13.6. The van der Waals surface area contributed by atoms with Gasteiger partial charge in [-0.3, -0.25) is 19.2 Å². The van der Waals surface area contributed by atoms with Gasteiger partial charge < -0.3 is 41.6 Å². The van der Waals surface area contributed by atoms with Crippen LogP contribution >= 0.6 is 0 Å². The second kappa shape index (κ2) is 13.8. The average molecular weight is 594 g/mol. The number of nitrogens with zero attached hydrogens (tertiary/aromatic N) is 1. The highest BCUT2D eigenvalue weighted by atomic mass is 16.4. The Morgan fingerprint density at radius 2 is 1.70 bits per heavy atom. The molecule has 4 unspecified atom stereocenters. The number of phenolic OH excluding ortho intramolecular Hbond substituents is 1. The summed E-state index contributed by atoms with van der Waals surface area (Å²) >= 11 is 0. The topological polar surface area (TPSA) is 215 Å². The van der Waals surface area contributed by atoms with Crippen LogP contribution in [0.5, 0.6) is 5.75 Å². The van der Waals surface area contributed by atoms with Crippen molar-refractivity contribution < 1.29 is 39.3 Å². The van der Waals surface area contributed by atoms with Crippen LogP contribution in [0.3, 0.4) is 0 Å². The number of carboxylic acid groups (broad SMARTS) is 2. The van der Waals surface area contributed by atoms with Crippen molar-refractivity contribution in [3.8, 4) is 5.75 Å². The van der Waals surface area contributed by atoms with Gasteiger partial charge in [-0.25, -0.2) is 4.79 Å². The molecule has 1 fully saturated rings. The van der Waals surface area contributed by atoms with Crippen molar-refractivity contribution in [3.05, 3.63) is 65.9 Å². The van der Waals surface area contributed by atoms with Crippen molar-refractivity contribution in [1.82, 2.24) is 20.5 Å². The Morgan fingerprint density at radius 3 is 2.40 bits per heavy atom. The summed E-state index contributed by atoms with van der Waals surface area (Å²) in [5.74, 6) is -4.32. The molecule has 0 bridgehead atoms. The number of benzene rings is 2. The van der Waals surface area contributed by atoms with Gasteiger partial charge in [0, 0.05) is 36.5 Å². The van der Waals surface area contributed by atoms with E-state index in [1.807, 2.05) is 24.3 Å². The molecule has 43 heavy (non-hydrogen) atoms. The van der Waals surface area contributed by atoms with Gasteiger partial charge in [0.05, 0.1) is 6.04 Å². The predicted molar refractivity (Wildman–Crippen MR) is 155 cm³/mol. The lowest BCUT2D eigenvalue weighted by atomic mass is 10.0. The monoisotopic (exact) mass is 593 g/mol. The number of phenols is 1. The van der Waals surface area contributed by atoms with Crippen LogP contribution in [0.25, 0.3) is 10.9 Å². The molecule has 0 radical (unpaired) electrons. The molecular weight excluding hydrogens is 558 g/mol. The largest absolute Gasteiger partial charge is 0.508 e. The highest BCUT2D eigenvalue weighted by molar-refractivity contribution is 5.95. The maximum atomic E-state index is 13.6. The molecule has 2 aromatic carbocycles. The number of fused-ring (bicyclic) bond motifs is 1. The van der Waals surface area contributed by atoms with Gasteiger partial charge in [0.15, 0.2) is 0 Å². The molecule has 8 N–H and O–H groups in total. The van der Waals surface area contributed by atoms with E-state index in [1.54, 1.807) is 18.3 Å². The molecule has 0 saturated carbocycles. The summed E-state index contributed by atoms with van der Waals surface area (Å²) in [5, 5.41) is 34.5. The van der Waals surface area contributed by atoms with Gasteiger partial charge in [-0.2, -0.15) is 0 Å². The first-order valence-electron chi connectivity index (χ1n) is 14.0. The number of carboxylic acids is 2. The van der Waals surface area contributed by atoms with Crippen LogP contribution in [-0.2, 0) is 36.8 Å². The van der Waals surface area contributed by atoms with Crippen LogP contribution in [0.2, 0.25) is 0 Å². The van der Waals surface area contributed by atoms with Crippen molar-refractivity contribution in [2.24, 2.45) is 5.73 Å². The van der Waals surface area contributed by atoms with E-state index in [0.717, 1.165) is 10.9 Å². The second-order valence-corrected chi connectivity index (χ2v) is 10.6. The third-order valence-corrected chi connectivity index (χ3v) is 7.54. The lowest BCUT2D eigenvalue weighted by Gasteiger charge is -2.30. The molecular formula is C30H35N5O8. The number of para-hydroxylation sites is 1. The molecule has 1 saturated heterocycles. The molecule has 1 aliphatic heterocycles. The molecule has 0 spiro atoms. The Kier molecular flexibility index (Phi) is 9.99. The maximum Gasteiger partial charge on any atom is 0.326 e. The van der Waals surface area contributed by atoms with E-state index in [1.165, 1.54) is 17.0 Å². The lowest BCUT2D eigenvalue weighted by Crippen LogP contribution is -2.57. The smallest absolute Gasteiger partial charge is 0.326 e. The molecule has 4 atom stereocenters. The Hall–Kier alpha value is -4.91. The minimum absolute atomic E-state index is 0.0158. The number of carbonyl (C=O) groups excluding carboxylic acids is 3. The molecule has 0 aliphatic carbocycles. The van der Waals surface area contributed by atoms with Crippen LogP contribution in [0.1, 0.15) is 36.8 Å². The van der Waals surface area contributed by atoms with Gasteiger partial charge in [0.1, 0.15) is 23.9 Å². The third kappa shape index (κ3) is 7.89. The number of carbonyl (C=O) groups is 5. The van der Waals surface area contributed by atoms with Crippen LogP contribution in [-0.4, -0.2) is 85.6 Å². The Labute approximate surface area is 247 Å². The van der Waals surface area contributed by atoms with E-state index in [0.29, 0.717) is 17.5 Å². The Morgan fingerprint density at radius 1 is 0.977 bits per heavy atom. The van der Waals surface area contributed by atoms with Gasteiger partial charge in [0.25, 0.3) is 0 Å². The molecule has 13 nitrogen and oxygen atoms in total. The minimum atomic E-state index is -1.26. The number of H-pyrrole nitrogens is 1. The van der Waals surface area contributed by atoms with Gasteiger partial charge in [0.2, 0.25) is 17.7 Å². The molecule has 2 heterocycles. The van der Waals surface area contributed by atoms with E-state index < -0.39 is 60.2 Å². The number of likely N-dealkylation sites (tertiary alicyclic amines) is 1. The van der Waals surface area contributed by atoms with E-state index in [-0.39, 0.29) is 38.0 Å².